The van der Waals surface area contributed by atoms with Crippen LogP contribution in [0, 0.1) is 11.6 Å². The van der Waals surface area contributed by atoms with Crippen molar-refractivity contribution in [1.82, 2.24) is 0 Å². The Morgan fingerprint density at radius 3 is 2.35 bits per heavy atom. The minimum absolute atomic E-state index is 0.00518. The van der Waals surface area contributed by atoms with Crippen LogP contribution in [-0.4, -0.2) is 21.8 Å². The van der Waals surface area contributed by atoms with Crippen LogP contribution >= 0.6 is 11.6 Å². The Bertz CT molecular complexity index is 1060. The molecule has 3 rings (SSSR count). The maximum Gasteiger partial charge on any atom is 0.178 e. The molecule has 26 heavy (non-hydrogen) atoms. The molecule has 0 atom stereocenters. The van der Waals surface area contributed by atoms with Crippen molar-refractivity contribution in [2.45, 2.75) is 11.3 Å². The first-order valence-electron chi connectivity index (χ1n) is 7.66. The summed E-state index contributed by atoms with van der Waals surface area (Å²) >= 11 is 6.16. The highest BCUT2D eigenvalue weighted by Gasteiger charge is 2.23. The van der Waals surface area contributed by atoms with E-state index in [0.717, 1.165) is 24.0 Å². The van der Waals surface area contributed by atoms with Gasteiger partial charge < -0.3 is 4.74 Å². The molecule has 0 unspecified atom stereocenters. The maximum absolute atomic E-state index is 14.6. The number of hydrogen-bond acceptors (Lipinski definition) is 3. The number of benzene rings is 2. The number of allylic oxidation sites excluding steroid dienone is 4. The summed E-state index contributed by atoms with van der Waals surface area (Å²) in [5.74, 6) is -1.27. The summed E-state index contributed by atoms with van der Waals surface area (Å²) in [5.41, 5.74) is 1.92. The van der Waals surface area contributed by atoms with Crippen molar-refractivity contribution in [2.24, 2.45) is 0 Å². The highest BCUT2D eigenvalue weighted by molar-refractivity contribution is 7.90. The lowest BCUT2D eigenvalue weighted by molar-refractivity contribution is 0.415. The van der Waals surface area contributed by atoms with E-state index in [4.69, 9.17) is 16.3 Å². The number of methoxy groups -OCH3 is 1. The average molecular weight is 397 g/mol. The molecule has 0 saturated carbocycles. The molecule has 0 saturated heterocycles. The van der Waals surface area contributed by atoms with E-state index in [-0.39, 0.29) is 5.56 Å². The number of halogens is 3. The van der Waals surface area contributed by atoms with Crippen LogP contribution in [0.4, 0.5) is 8.78 Å². The van der Waals surface area contributed by atoms with Crippen LogP contribution in [0.2, 0.25) is 5.02 Å². The van der Waals surface area contributed by atoms with E-state index >= 15 is 0 Å². The highest BCUT2D eigenvalue weighted by Crippen LogP contribution is 2.40. The predicted molar refractivity (Wildman–Crippen MR) is 98.0 cm³/mol. The van der Waals surface area contributed by atoms with E-state index in [0.29, 0.717) is 28.3 Å². The third-order valence-electron chi connectivity index (χ3n) is 4.11. The molecule has 0 heterocycles. The Balaban J connectivity index is 2.07. The van der Waals surface area contributed by atoms with Crippen molar-refractivity contribution >= 4 is 32.6 Å². The fourth-order valence-corrected chi connectivity index (χ4v) is 3.88. The first-order chi connectivity index (χ1) is 12.2. The van der Waals surface area contributed by atoms with Gasteiger partial charge in [-0.3, -0.25) is 0 Å². The zero-order chi connectivity index (χ0) is 19.1. The van der Waals surface area contributed by atoms with Crippen molar-refractivity contribution < 1.29 is 21.9 Å². The van der Waals surface area contributed by atoms with Gasteiger partial charge in [0.2, 0.25) is 0 Å². The number of ether oxygens (including phenoxy) is 1. The zero-order valence-electron chi connectivity index (χ0n) is 14.0. The molecule has 0 N–H and O–H groups in total. The summed E-state index contributed by atoms with van der Waals surface area (Å²) in [6, 6.07) is 6.79. The first-order valence-corrected chi connectivity index (χ1v) is 9.93. The first kappa shape index (κ1) is 18.6. The van der Waals surface area contributed by atoms with Gasteiger partial charge in [-0.15, -0.1) is 0 Å². The van der Waals surface area contributed by atoms with E-state index in [2.05, 4.69) is 0 Å². The van der Waals surface area contributed by atoms with Gasteiger partial charge in [-0.2, -0.15) is 0 Å². The lowest BCUT2D eigenvalue weighted by Crippen LogP contribution is -2.04. The van der Waals surface area contributed by atoms with Gasteiger partial charge in [0.1, 0.15) is 22.3 Å². The molecule has 0 fully saturated rings. The second-order valence-corrected chi connectivity index (χ2v) is 8.25. The zero-order valence-corrected chi connectivity index (χ0v) is 15.6. The smallest absolute Gasteiger partial charge is 0.178 e. The molecule has 3 nitrogen and oxygen atoms in total. The molecule has 0 aliphatic heterocycles. The summed E-state index contributed by atoms with van der Waals surface area (Å²) in [5, 5.41) is 0.399. The maximum atomic E-state index is 14.6. The van der Waals surface area contributed by atoms with Crippen molar-refractivity contribution in [1.29, 1.82) is 0 Å². The Labute approximate surface area is 155 Å². The molecule has 7 heteroatoms. The van der Waals surface area contributed by atoms with Crippen LogP contribution in [-0.2, 0) is 9.84 Å². The van der Waals surface area contributed by atoms with Crippen LogP contribution in [0.1, 0.15) is 17.5 Å². The van der Waals surface area contributed by atoms with E-state index in [1.807, 2.05) is 6.08 Å². The summed E-state index contributed by atoms with van der Waals surface area (Å²) in [6.07, 6.45) is 5.01. The summed E-state index contributed by atoms with van der Waals surface area (Å²) in [6.45, 7) is 0. The van der Waals surface area contributed by atoms with E-state index in [1.54, 1.807) is 24.3 Å². The molecule has 0 amide bonds. The third kappa shape index (κ3) is 3.39. The minimum atomic E-state index is -3.86. The van der Waals surface area contributed by atoms with E-state index in [9.17, 15) is 17.2 Å². The quantitative estimate of drug-likeness (QED) is 0.738. The molecule has 1 aliphatic rings. The SMILES string of the molecule is COc1ccc(C2=CCC=C2c2cc(F)c(S(C)(=O)=O)cc2F)cc1Cl. The second-order valence-electron chi connectivity index (χ2n) is 5.86. The lowest BCUT2D eigenvalue weighted by Gasteiger charge is -2.13. The average Bonchev–Trinajstić information content (AvgIpc) is 3.05. The topological polar surface area (TPSA) is 43.4 Å². The Hall–Kier alpha value is -2.18. The van der Waals surface area contributed by atoms with Crippen LogP contribution in [0.15, 0.2) is 47.4 Å². The summed E-state index contributed by atoms with van der Waals surface area (Å²) < 4.78 is 57.0. The standard InChI is InChI=1S/C19H15ClF2O3S/c1-25-18-7-6-11(8-15(18)20)12-4-3-5-13(12)14-9-17(22)19(10-16(14)21)26(2,23)24/h4-10H,3H2,1-2H3. The van der Waals surface area contributed by atoms with Crippen molar-refractivity contribution in [3.63, 3.8) is 0 Å². The van der Waals surface area contributed by atoms with Gasteiger partial charge in [-0.05, 0) is 47.4 Å². The monoisotopic (exact) mass is 396 g/mol. The van der Waals surface area contributed by atoms with Gasteiger partial charge >= 0.3 is 0 Å². The van der Waals surface area contributed by atoms with Crippen LogP contribution in [0.5, 0.6) is 5.75 Å². The number of hydrogen-bond donors (Lipinski definition) is 0. The van der Waals surface area contributed by atoms with Crippen molar-refractivity contribution in [2.75, 3.05) is 13.4 Å². The Morgan fingerprint density at radius 1 is 1.04 bits per heavy atom. The molecular formula is C19H15ClF2O3S. The minimum Gasteiger partial charge on any atom is -0.495 e. The van der Waals surface area contributed by atoms with Crippen LogP contribution < -0.4 is 4.74 Å². The fourth-order valence-electron chi connectivity index (χ4n) is 2.90. The van der Waals surface area contributed by atoms with Crippen molar-refractivity contribution in [3.05, 3.63) is 70.3 Å². The summed E-state index contributed by atoms with van der Waals surface area (Å²) in [4.78, 5) is -0.657. The second kappa shape index (κ2) is 6.85. The van der Waals surface area contributed by atoms with Gasteiger partial charge in [0.15, 0.2) is 9.84 Å². The predicted octanol–water partition coefficient (Wildman–Crippen LogP) is 4.90. The molecule has 2 aromatic carbocycles. The highest BCUT2D eigenvalue weighted by atomic mass is 35.5. The van der Waals surface area contributed by atoms with Gasteiger partial charge in [-0.1, -0.05) is 29.8 Å². The number of sulfone groups is 1. The van der Waals surface area contributed by atoms with Gasteiger partial charge in [-0.25, -0.2) is 17.2 Å². The molecule has 2 aromatic rings. The summed E-state index contributed by atoms with van der Waals surface area (Å²) in [7, 11) is -2.35. The van der Waals surface area contributed by atoms with Crippen molar-refractivity contribution in [3.8, 4) is 5.75 Å². The molecular weight excluding hydrogens is 382 g/mol. The molecule has 0 spiro atoms. The van der Waals surface area contributed by atoms with Gasteiger partial charge in [0.05, 0.1) is 12.1 Å². The van der Waals surface area contributed by atoms with Crippen LogP contribution in [0.25, 0.3) is 11.1 Å². The third-order valence-corrected chi connectivity index (χ3v) is 5.52. The Kier molecular flexibility index (Phi) is 4.90. The molecule has 136 valence electrons. The molecule has 1 aliphatic carbocycles. The normalized spacial score (nSPS) is 14.2. The van der Waals surface area contributed by atoms with E-state index < -0.39 is 26.4 Å². The lowest BCUT2D eigenvalue weighted by atomic mass is 9.94. The van der Waals surface area contributed by atoms with Gasteiger partial charge in [0, 0.05) is 11.8 Å². The van der Waals surface area contributed by atoms with Gasteiger partial charge in [0.25, 0.3) is 0 Å². The molecule has 0 radical (unpaired) electrons. The number of rotatable bonds is 4. The van der Waals surface area contributed by atoms with Crippen LogP contribution in [0.3, 0.4) is 0 Å². The van der Waals surface area contributed by atoms with E-state index in [1.165, 1.54) is 7.11 Å². The Morgan fingerprint density at radius 2 is 1.73 bits per heavy atom. The molecule has 0 aromatic heterocycles. The largest absolute Gasteiger partial charge is 0.495 e. The molecule has 0 bridgehead atoms. The fraction of sp³-hybridized carbons (Fsp3) is 0.158.